The lowest BCUT2D eigenvalue weighted by molar-refractivity contribution is 0.256. The van der Waals surface area contributed by atoms with E-state index in [1.807, 2.05) is 39.0 Å². The molecule has 3 N–H and O–H groups in total. The van der Waals surface area contributed by atoms with Crippen LogP contribution in [0.5, 0.6) is 0 Å². The van der Waals surface area contributed by atoms with Crippen LogP contribution in [0.25, 0.3) is 0 Å². The Morgan fingerprint density at radius 3 is 2.33 bits per heavy atom. The molecule has 0 radical (unpaired) electrons. The van der Waals surface area contributed by atoms with Gasteiger partial charge in [0.1, 0.15) is 0 Å². The van der Waals surface area contributed by atoms with Gasteiger partial charge in [0.15, 0.2) is 5.96 Å². The van der Waals surface area contributed by atoms with Crippen LogP contribution in [-0.4, -0.2) is 25.1 Å². The molecule has 0 atom stereocenters. The van der Waals surface area contributed by atoms with Gasteiger partial charge in [0.05, 0.1) is 0 Å². The molecule has 6 heteroatoms. The number of para-hydroxylation sites is 1. The number of carbonyl (C=O) groups is 1. The molecule has 1 rings (SSSR count). The van der Waals surface area contributed by atoms with Crippen LogP contribution in [0.1, 0.15) is 31.4 Å². The Morgan fingerprint density at radius 1 is 1.19 bits per heavy atom. The van der Waals surface area contributed by atoms with E-state index in [0.717, 1.165) is 29.8 Å². The zero-order chi connectivity index (χ0) is 15.0. The van der Waals surface area contributed by atoms with Crippen molar-refractivity contribution >= 4 is 30.1 Å². The van der Waals surface area contributed by atoms with Crippen molar-refractivity contribution in [1.29, 1.82) is 0 Å². The normalized spacial score (nSPS) is 10.6. The zero-order valence-electron chi connectivity index (χ0n) is 13.1. The highest BCUT2D eigenvalue weighted by atomic mass is 35.5. The Kier molecular flexibility index (Phi) is 9.21. The van der Waals surface area contributed by atoms with Gasteiger partial charge in [0, 0.05) is 18.8 Å². The van der Waals surface area contributed by atoms with Crippen LogP contribution < -0.4 is 16.0 Å². The van der Waals surface area contributed by atoms with Gasteiger partial charge in [-0.15, -0.1) is 12.4 Å². The molecule has 0 heterocycles. The molecule has 1 aromatic rings. The van der Waals surface area contributed by atoms with Gasteiger partial charge in [-0.2, -0.15) is 0 Å². The monoisotopic (exact) mass is 312 g/mol. The predicted molar refractivity (Wildman–Crippen MR) is 91.6 cm³/mol. The van der Waals surface area contributed by atoms with Crippen molar-refractivity contribution in [1.82, 2.24) is 10.6 Å². The van der Waals surface area contributed by atoms with Crippen LogP contribution in [0.4, 0.5) is 10.5 Å². The van der Waals surface area contributed by atoms with Gasteiger partial charge in [0.25, 0.3) is 0 Å². The Bertz CT molecular complexity index is 468. The fourth-order valence-electron chi connectivity index (χ4n) is 1.81. The molecule has 1 aromatic carbocycles. The molecular weight excluding hydrogens is 288 g/mol. The minimum absolute atomic E-state index is 0. The first-order chi connectivity index (χ1) is 9.58. The summed E-state index contributed by atoms with van der Waals surface area (Å²) in [5, 5.41) is 8.71. The third-order valence-corrected chi connectivity index (χ3v) is 2.81. The number of anilines is 1. The maximum atomic E-state index is 12.0. The summed E-state index contributed by atoms with van der Waals surface area (Å²) in [4.78, 5) is 16.2. The third kappa shape index (κ3) is 6.49. The number of aliphatic imine (C=N–C) groups is 1. The molecule has 2 amide bonds. The van der Waals surface area contributed by atoms with Crippen molar-refractivity contribution in [3.05, 3.63) is 29.3 Å². The first kappa shape index (κ1) is 19.2. The SMILES string of the molecule is CCCNC(=NCC)NC(=O)Nc1c(C)cccc1C.Cl. The van der Waals surface area contributed by atoms with Crippen LogP contribution >= 0.6 is 12.4 Å². The summed E-state index contributed by atoms with van der Waals surface area (Å²) >= 11 is 0. The number of hydrogen-bond donors (Lipinski definition) is 3. The van der Waals surface area contributed by atoms with Crippen LogP contribution in [0.15, 0.2) is 23.2 Å². The molecule has 21 heavy (non-hydrogen) atoms. The number of carbonyl (C=O) groups excluding carboxylic acids is 1. The van der Waals surface area contributed by atoms with E-state index >= 15 is 0 Å². The molecule has 0 aliphatic rings. The van der Waals surface area contributed by atoms with Gasteiger partial charge < -0.3 is 10.6 Å². The number of rotatable bonds is 4. The number of aryl methyl sites for hydroxylation is 2. The lowest BCUT2D eigenvalue weighted by Gasteiger charge is -2.14. The molecule has 0 bridgehead atoms. The molecule has 0 unspecified atom stereocenters. The number of halogens is 1. The van der Waals surface area contributed by atoms with Crippen LogP contribution in [0.2, 0.25) is 0 Å². The molecule has 118 valence electrons. The number of nitrogens with one attached hydrogen (secondary N) is 3. The summed E-state index contributed by atoms with van der Waals surface area (Å²) in [5.74, 6) is 0.512. The van der Waals surface area contributed by atoms with Crippen molar-refractivity contribution in [3.8, 4) is 0 Å². The fraction of sp³-hybridized carbons (Fsp3) is 0.467. The third-order valence-electron chi connectivity index (χ3n) is 2.81. The van der Waals surface area contributed by atoms with Gasteiger partial charge in [-0.05, 0) is 38.3 Å². The quantitative estimate of drug-likeness (QED) is 0.590. The lowest BCUT2D eigenvalue weighted by Crippen LogP contribution is -2.43. The van der Waals surface area contributed by atoms with E-state index < -0.39 is 0 Å². The molecule has 5 nitrogen and oxygen atoms in total. The standard InChI is InChI=1S/C15H24N4O.ClH/c1-5-10-17-14(16-6-2)19-15(20)18-13-11(3)8-7-9-12(13)4;/h7-9H,5-6,10H2,1-4H3,(H3,16,17,18,19,20);1H. The number of urea groups is 1. The van der Waals surface area contributed by atoms with Gasteiger partial charge in [-0.1, -0.05) is 25.1 Å². The highest BCUT2D eigenvalue weighted by molar-refractivity contribution is 6.03. The minimum Gasteiger partial charge on any atom is -0.356 e. The Hall–Kier alpha value is -1.75. The van der Waals surface area contributed by atoms with Gasteiger partial charge in [-0.3, -0.25) is 10.3 Å². The topological polar surface area (TPSA) is 65.5 Å². The van der Waals surface area contributed by atoms with E-state index in [-0.39, 0.29) is 18.4 Å². The van der Waals surface area contributed by atoms with Crippen molar-refractivity contribution < 1.29 is 4.79 Å². The summed E-state index contributed by atoms with van der Waals surface area (Å²) in [6, 6.07) is 5.64. The predicted octanol–water partition coefficient (Wildman–Crippen LogP) is 3.22. The summed E-state index contributed by atoms with van der Waals surface area (Å²) < 4.78 is 0. The molecule has 0 aliphatic carbocycles. The maximum Gasteiger partial charge on any atom is 0.326 e. The molecule has 0 spiro atoms. The molecule has 0 saturated heterocycles. The van der Waals surface area contributed by atoms with E-state index in [4.69, 9.17) is 0 Å². The Balaban J connectivity index is 0.00000400. The first-order valence-corrected chi connectivity index (χ1v) is 7.01. The molecule has 0 aliphatic heterocycles. The summed E-state index contributed by atoms with van der Waals surface area (Å²) in [6.45, 7) is 9.34. The van der Waals surface area contributed by atoms with Crippen molar-refractivity contribution in [2.45, 2.75) is 34.1 Å². The lowest BCUT2D eigenvalue weighted by atomic mass is 10.1. The van der Waals surface area contributed by atoms with E-state index in [1.54, 1.807) is 0 Å². The average molecular weight is 313 g/mol. The van der Waals surface area contributed by atoms with Gasteiger partial charge in [0.2, 0.25) is 0 Å². The zero-order valence-corrected chi connectivity index (χ0v) is 13.9. The minimum atomic E-state index is -0.279. The Labute approximate surface area is 133 Å². The number of benzene rings is 1. The summed E-state index contributed by atoms with van der Waals surface area (Å²) in [6.07, 6.45) is 0.975. The number of nitrogens with zero attached hydrogens (tertiary/aromatic N) is 1. The van der Waals surface area contributed by atoms with E-state index in [1.165, 1.54) is 0 Å². The first-order valence-electron chi connectivity index (χ1n) is 7.01. The second kappa shape index (κ2) is 10.0. The van der Waals surface area contributed by atoms with Gasteiger partial charge in [-0.25, -0.2) is 4.79 Å². The van der Waals surface area contributed by atoms with Crippen molar-refractivity contribution in [2.24, 2.45) is 4.99 Å². The summed E-state index contributed by atoms with van der Waals surface area (Å²) in [5.41, 5.74) is 2.92. The largest absolute Gasteiger partial charge is 0.356 e. The van der Waals surface area contributed by atoms with E-state index in [9.17, 15) is 4.79 Å². The average Bonchev–Trinajstić information content (AvgIpc) is 2.40. The highest BCUT2D eigenvalue weighted by Gasteiger charge is 2.08. The molecule has 0 fully saturated rings. The van der Waals surface area contributed by atoms with Crippen LogP contribution in [0, 0.1) is 13.8 Å². The second-order valence-electron chi connectivity index (χ2n) is 4.60. The Morgan fingerprint density at radius 2 is 1.81 bits per heavy atom. The molecular formula is C15H25ClN4O. The maximum absolute atomic E-state index is 12.0. The van der Waals surface area contributed by atoms with E-state index in [0.29, 0.717) is 12.5 Å². The summed E-state index contributed by atoms with van der Waals surface area (Å²) in [7, 11) is 0. The number of amides is 2. The number of hydrogen-bond acceptors (Lipinski definition) is 2. The van der Waals surface area contributed by atoms with Crippen LogP contribution in [0.3, 0.4) is 0 Å². The van der Waals surface area contributed by atoms with Crippen LogP contribution in [-0.2, 0) is 0 Å². The van der Waals surface area contributed by atoms with Crippen molar-refractivity contribution in [3.63, 3.8) is 0 Å². The number of guanidine groups is 1. The molecule has 0 saturated carbocycles. The van der Waals surface area contributed by atoms with Gasteiger partial charge >= 0.3 is 6.03 Å². The second-order valence-corrected chi connectivity index (χ2v) is 4.60. The molecule has 0 aromatic heterocycles. The smallest absolute Gasteiger partial charge is 0.326 e. The van der Waals surface area contributed by atoms with Crippen molar-refractivity contribution in [2.75, 3.05) is 18.4 Å². The highest BCUT2D eigenvalue weighted by Crippen LogP contribution is 2.18. The van der Waals surface area contributed by atoms with E-state index in [2.05, 4.69) is 27.9 Å². The fourth-order valence-corrected chi connectivity index (χ4v) is 1.81.